The maximum Gasteiger partial charge on any atom is 0.286 e. The van der Waals surface area contributed by atoms with Crippen molar-refractivity contribution in [3.05, 3.63) is 88.7 Å². The van der Waals surface area contributed by atoms with Crippen LogP contribution in [0.1, 0.15) is 29.3 Å². The Morgan fingerprint density at radius 1 is 1.03 bits per heavy atom. The van der Waals surface area contributed by atoms with E-state index in [1.165, 1.54) is 11.8 Å². The first-order valence-corrected chi connectivity index (χ1v) is 11.2. The van der Waals surface area contributed by atoms with Gasteiger partial charge in [-0.3, -0.25) is 4.79 Å². The third-order valence-electron chi connectivity index (χ3n) is 5.46. The molecule has 1 atom stereocenters. The molecule has 7 nitrogen and oxygen atoms in total. The average Bonchev–Trinajstić information content (AvgIpc) is 3.60. The number of benzene rings is 2. The lowest BCUT2D eigenvalue weighted by atomic mass is 9.98. The Kier molecular flexibility index (Phi) is 5.75. The minimum atomic E-state index is -0.298. The maximum absolute atomic E-state index is 12.6. The van der Waals surface area contributed by atoms with Crippen molar-refractivity contribution in [1.82, 2.24) is 5.01 Å². The molecule has 1 aromatic heterocycles. The fourth-order valence-corrected chi connectivity index (χ4v) is 4.62. The lowest BCUT2D eigenvalue weighted by molar-refractivity contribution is -0.113. The van der Waals surface area contributed by atoms with Crippen molar-refractivity contribution in [2.24, 2.45) is 10.1 Å². The Morgan fingerprint density at radius 2 is 1.73 bits per heavy atom. The number of amidine groups is 1. The van der Waals surface area contributed by atoms with Crippen molar-refractivity contribution < 1.29 is 18.7 Å². The molecule has 2 aliphatic heterocycles. The Hall–Kier alpha value is -3.78. The number of hydrazone groups is 1. The van der Waals surface area contributed by atoms with Crippen LogP contribution in [0.2, 0.25) is 0 Å². The summed E-state index contributed by atoms with van der Waals surface area (Å²) in [5, 5.41) is 7.27. The molecule has 0 aliphatic carbocycles. The van der Waals surface area contributed by atoms with E-state index in [4.69, 9.17) is 19.0 Å². The molecule has 3 aromatic rings. The number of carbonyl (C=O) groups is 1. The zero-order valence-corrected chi connectivity index (χ0v) is 18.9. The van der Waals surface area contributed by atoms with E-state index in [-0.39, 0.29) is 11.9 Å². The second kappa shape index (κ2) is 8.99. The molecular formula is C25H21N3O4S. The molecule has 5 rings (SSSR count). The standard InChI is InChI=1S/C25H21N3O4S/c1-30-18-9-5-16(6-10-18)21-15-22(17-7-11-19(31-2)12-8-17)28(27-21)25-26-24(29)23(33-25)14-20-4-3-13-32-20/h3-14,22H,15H2,1-2H3/b23-14-. The van der Waals surface area contributed by atoms with Gasteiger partial charge in [-0.25, -0.2) is 5.01 Å². The number of ether oxygens (including phenoxy) is 2. The smallest absolute Gasteiger partial charge is 0.286 e. The minimum Gasteiger partial charge on any atom is -0.497 e. The van der Waals surface area contributed by atoms with Crippen molar-refractivity contribution in [1.29, 1.82) is 0 Å². The first-order chi connectivity index (χ1) is 16.1. The molecule has 0 bridgehead atoms. The second-order valence-electron chi connectivity index (χ2n) is 7.44. The van der Waals surface area contributed by atoms with Crippen LogP contribution in [0.15, 0.2) is 86.3 Å². The second-order valence-corrected chi connectivity index (χ2v) is 8.45. The fraction of sp³-hybridized carbons (Fsp3) is 0.160. The SMILES string of the molecule is COc1ccc(C2=NN(C3=NC(=O)/C(=C/c4ccco4)S3)C(c3ccc(OC)cc3)C2)cc1. The number of hydrogen-bond acceptors (Lipinski definition) is 7. The first kappa shape index (κ1) is 21.1. The molecule has 33 heavy (non-hydrogen) atoms. The van der Waals surface area contributed by atoms with Gasteiger partial charge in [0.25, 0.3) is 5.91 Å². The number of thioether (sulfide) groups is 1. The Balaban J connectivity index is 1.48. The van der Waals surface area contributed by atoms with Gasteiger partial charge >= 0.3 is 0 Å². The number of aliphatic imine (C=N–C) groups is 1. The number of amides is 1. The monoisotopic (exact) mass is 459 g/mol. The molecule has 0 spiro atoms. The summed E-state index contributed by atoms with van der Waals surface area (Å²) in [6.45, 7) is 0. The summed E-state index contributed by atoms with van der Waals surface area (Å²) in [4.78, 5) is 17.4. The van der Waals surface area contributed by atoms with Crippen LogP contribution in [0.3, 0.4) is 0 Å². The van der Waals surface area contributed by atoms with E-state index in [0.29, 0.717) is 22.3 Å². The van der Waals surface area contributed by atoms with E-state index in [9.17, 15) is 4.79 Å². The predicted octanol–water partition coefficient (Wildman–Crippen LogP) is 5.12. The zero-order valence-electron chi connectivity index (χ0n) is 18.1. The molecule has 2 aliphatic rings. The lowest BCUT2D eigenvalue weighted by Gasteiger charge is -2.22. The van der Waals surface area contributed by atoms with Crippen LogP contribution >= 0.6 is 11.8 Å². The van der Waals surface area contributed by atoms with E-state index in [2.05, 4.69) is 4.99 Å². The zero-order chi connectivity index (χ0) is 22.8. The van der Waals surface area contributed by atoms with Crippen LogP contribution in [0.5, 0.6) is 11.5 Å². The first-order valence-electron chi connectivity index (χ1n) is 10.4. The largest absolute Gasteiger partial charge is 0.497 e. The van der Waals surface area contributed by atoms with Crippen molar-refractivity contribution in [2.45, 2.75) is 12.5 Å². The quantitative estimate of drug-likeness (QED) is 0.493. The summed E-state index contributed by atoms with van der Waals surface area (Å²) in [6, 6.07) is 19.2. The molecule has 166 valence electrons. The Morgan fingerprint density at radius 3 is 2.36 bits per heavy atom. The van der Waals surface area contributed by atoms with Crippen LogP contribution in [-0.2, 0) is 4.79 Å². The van der Waals surface area contributed by atoms with E-state index in [1.54, 1.807) is 38.7 Å². The van der Waals surface area contributed by atoms with E-state index >= 15 is 0 Å². The van der Waals surface area contributed by atoms with E-state index < -0.39 is 0 Å². The topological polar surface area (TPSA) is 76.6 Å². The summed E-state index contributed by atoms with van der Waals surface area (Å²) in [6.07, 6.45) is 3.95. The summed E-state index contributed by atoms with van der Waals surface area (Å²) in [5.74, 6) is 1.88. The summed E-state index contributed by atoms with van der Waals surface area (Å²) >= 11 is 1.30. The number of carbonyl (C=O) groups excluding carboxylic acids is 1. The van der Waals surface area contributed by atoms with Crippen molar-refractivity contribution in [2.75, 3.05) is 14.2 Å². The third kappa shape index (κ3) is 4.29. The van der Waals surface area contributed by atoms with Gasteiger partial charge in [0.2, 0.25) is 0 Å². The highest BCUT2D eigenvalue weighted by molar-refractivity contribution is 8.18. The molecule has 8 heteroatoms. The van der Waals surface area contributed by atoms with Crippen molar-refractivity contribution >= 4 is 34.6 Å². The van der Waals surface area contributed by atoms with Gasteiger partial charge in [-0.05, 0) is 71.4 Å². The number of furan rings is 1. The molecule has 0 N–H and O–H groups in total. The van der Waals surface area contributed by atoms with E-state index in [0.717, 1.165) is 28.3 Å². The molecule has 1 unspecified atom stereocenters. The Labute approximate surface area is 195 Å². The Bertz CT molecular complexity index is 1250. The number of rotatable bonds is 5. The van der Waals surface area contributed by atoms with Gasteiger partial charge in [0.05, 0.1) is 37.1 Å². The fourth-order valence-electron chi connectivity index (χ4n) is 3.73. The normalized spacial score (nSPS) is 19.1. The number of hydrogen-bond donors (Lipinski definition) is 0. The van der Waals surface area contributed by atoms with Crippen LogP contribution in [0, 0.1) is 0 Å². The number of nitrogens with zero attached hydrogens (tertiary/aromatic N) is 3. The molecule has 0 radical (unpaired) electrons. The predicted molar refractivity (Wildman–Crippen MR) is 128 cm³/mol. The van der Waals surface area contributed by atoms with Crippen LogP contribution in [0.4, 0.5) is 0 Å². The summed E-state index contributed by atoms with van der Waals surface area (Å²) in [7, 11) is 3.29. The van der Waals surface area contributed by atoms with Crippen molar-refractivity contribution in [3.8, 4) is 11.5 Å². The highest BCUT2D eigenvalue weighted by atomic mass is 32.2. The van der Waals surface area contributed by atoms with Crippen LogP contribution < -0.4 is 9.47 Å². The van der Waals surface area contributed by atoms with Crippen molar-refractivity contribution in [3.63, 3.8) is 0 Å². The van der Waals surface area contributed by atoms with Gasteiger partial charge in [-0.2, -0.15) is 10.1 Å². The van der Waals surface area contributed by atoms with Gasteiger partial charge < -0.3 is 13.9 Å². The number of methoxy groups -OCH3 is 2. The van der Waals surface area contributed by atoms with Crippen LogP contribution in [0.25, 0.3) is 6.08 Å². The molecule has 0 saturated carbocycles. The van der Waals surface area contributed by atoms with Gasteiger partial charge in [-0.15, -0.1) is 0 Å². The maximum atomic E-state index is 12.6. The molecule has 1 amide bonds. The van der Waals surface area contributed by atoms with Crippen LogP contribution in [-0.4, -0.2) is 36.0 Å². The van der Waals surface area contributed by atoms with E-state index in [1.807, 2.05) is 53.5 Å². The average molecular weight is 460 g/mol. The van der Waals surface area contributed by atoms with Gasteiger partial charge in [0.15, 0.2) is 5.17 Å². The lowest BCUT2D eigenvalue weighted by Crippen LogP contribution is -2.23. The minimum absolute atomic E-state index is 0.102. The summed E-state index contributed by atoms with van der Waals surface area (Å²) in [5.41, 5.74) is 2.97. The molecule has 0 saturated heterocycles. The molecular weight excluding hydrogens is 438 g/mol. The van der Waals surface area contributed by atoms with Gasteiger partial charge in [0, 0.05) is 12.5 Å². The van der Waals surface area contributed by atoms with Gasteiger partial charge in [-0.1, -0.05) is 12.1 Å². The molecule has 3 heterocycles. The third-order valence-corrected chi connectivity index (χ3v) is 6.43. The van der Waals surface area contributed by atoms with Gasteiger partial charge in [0.1, 0.15) is 17.3 Å². The highest BCUT2D eigenvalue weighted by Crippen LogP contribution is 2.40. The highest BCUT2D eigenvalue weighted by Gasteiger charge is 2.36. The molecule has 0 fully saturated rings. The molecule has 2 aromatic carbocycles. The summed E-state index contributed by atoms with van der Waals surface area (Å²) < 4.78 is 15.9.